The maximum atomic E-state index is 13.3. The molecule has 0 radical (unpaired) electrons. The summed E-state index contributed by atoms with van der Waals surface area (Å²) in [6.07, 6.45) is 0. The molecule has 1 heterocycles. The van der Waals surface area contributed by atoms with Gasteiger partial charge in [0.1, 0.15) is 0 Å². The first-order valence-corrected chi connectivity index (χ1v) is 13.3. The summed E-state index contributed by atoms with van der Waals surface area (Å²) in [5.41, 5.74) is 4.33. The number of carbonyl (C=O) groups is 1. The third-order valence-corrected chi connectivity index (χ3v) is 8.79. The van der Waals surface area contributed by atoms with Crippen LogP contribution < -0.4 is 5.32 Å². The van der Waals surface area contributed by atoms with E-state index < -0.39 is 10.0 Å². The molecule has 34 heavy (non-hydrogen) atoms. The summed E-state index contributed by atoms with van der Waals surface area (Å²) in [5.74, 6) is -0.330. The number of thiazole rings is 1. The second-order valence-electron chi connectivity index (χ2n) is 8.50. The molecule has 0 unspecified atom stereocenters. The molecule has 4 rings (SSSR count). The molecule has 0 aliphatic rings. The van der Waals surface area contributed by atoms with Crippen LogP contribution in [0.2, 0.25) is 0 Å². The molecule has 6 nitrogen and oxygen atoms in total. The Morgan fingerprint density at radius 2 is 1.62 bits per heavy atom. The van der Waals surface area contributed by atoms with Crippen molar-refractivity contribution in [1.82, 2.24) is 9.29 Å². The van der Waals surface area contributed by atoms with Crippen molar-refractivity contribution in [1.29, 1.82) is 0 Å². The van der Waals surface area contributed by atoms with Crippen LogP contribution in [0, 0.1) is 13.8 Å². The Kier molecular flexibility index (Phi) is 6.84. The number of rotatable bonds is 7. The molecule has 176 valence electrons. The highest BCUT2D eigenvalue weighted by Gasteiger charge is 2.27. The van der Waals surface area contributed by atoms with E-state index >= 15 is 0 Å². The van der Waals surface area contributed by atoms with Gasteiger partial charge in [0.25, 0.3) is 5.91 Å². The number of anilines is 1. The Bertz CT molecular complexity index is 1390. The molecule has 0 fully saturated rings. The molecule has 3 aromatic carbocycles. The quantitative estimate of drug-likeness (QED) is 0.355. The largest absolute Gasteiger partial charge is 0.298 e. The lowest BCUT2D eigenvalue weighted by Gasteiger charge is -2.26. The van der Waals surface area contributed by atoms with Crippen molar-refractivity contribution in [2.24, 2.45) is 0 Å². The number of hydrogen-bond donors (Lipinski definition) is 1. The highest BCUT2D eigenvalue weighted by molar-refractivity contribution is 7.89. The summed E-state index contributed by atoms with van der Waals surface area (Å²) in [6, 6.07) is 19.4. The second kappa shape index (κ2) is 9.66. The number of aromatic nitrogens is 1. The van der Waals surface area contributed by atoms with Crippen LogP contribution >= 0.6 is 11.3 Å². The van der Waals surface area contributed by atoms with Gasteiger partial charge in [-0.25, -0.2) is 13.4 Å². The zero-order valence-electron chi connectivity index (χ0n) is 19.6. The van der Waals surface area contributed by atoms with Gasteiger partial charge in [-0.3, -0.25) is 10.1 Å². The van der Waals surface area contributed by atoms with Gasteiger partial charge in [-0.15, -0.1) is 0 Å². The van der Waals surface area contributed by atoms with Crippen LogP contribution in [0.25, 0.3) is 10.2 Å². The highest BCUT2D eigenvalue weighted by atomic mass is 32.2. The van der Waals surface area contributed by atoms with Crippen LogP contribution in [-0.2, 0) is 16.6 Å². The number of nitrogens with zero attached hydrogens (tertiary/aromatic N) is 2. The molecular weight excluding hydrogens is 466 g/mol. The van der Waals surface area contributed by atoms with Crippen molar-refractivity contribution in [3.8, 4) is 0 Å². The third kappa shape index (κ3) is 4.89. The Labute approximate surface area is 204 Å². The second-order valence-corrected chi connectivity index (χ2v) is 11.4. The fourth-order valence-electron chi connectivity index (χ4n) is 3.70. The Hall–Kier alpha value is -3.07. The van der Waals surface area contributed by atoms with E-state index in [4.69, 9.17) is 0 Å². The molecule has 0 saturated carbocycles. The zero-order chi connectivity index (χ0) is 24.5. The molecule has 4 aromatic rings. The Morgan fingerprint density at radius 3 is 2.24 bits per heavy atom. The standard InChI is InChI=1S/C26H27N3O3S2/c1-17(2)29(16-20-8-6-5-7-9-20)34(31,32)22-14-12-21(13-15-22)25(30)28-26-27-23-18(3)10-11-19(4)24(23)33-26/h5-15,17H,16H2,1-4H3,(H,27,28,30). The van der Waals surface area contributed by atoms with Gasteiger partial charge in [-0.1, -0.05) is 53.8 Å². The van der Waals surface area contributed by atoms with Crippen LogP contribution in [0.1, 0.15) is 40.9 Å². The SMILES string of the molecule is Cc1ccc(C)c2sc(NC(=O)c3ccc(S(=O)(=O)N(Cc4ccccc4)C(C)C)cc3)nc12. The fourth-order valence-corrected chi connectivity index (χ4v) is 6.34. The summed E-state index contributed by atoms with van der Waals surface area (Å²) >= 11 is 1.43. The average molecular weight is 494 g/mol. The molecule has 0 atom stereocenters. The van der Waals surface area contributed by atoms with E-state index in [1.165, 1.54) is 39.9 Å². The lowest BCUT2D eigenvalue weighted by Crippen LogP contribution is -2.36. The average Bonchev–Trinajstić information content (AvgIpc) is 3.25. The summed E-state index contributed by atoms with van der Waals surface area (Å²) in [7, 11) is -3.74. The lowest BCUT2D eigenvalue weighted by atomic mass is 10.1. The predicted octanol–water partition coefficient (Wildman–Crippen LogP) is 5.76. The first-order chi connectivity index (χ1) is 16.2. The number of carbonyl (C=O) groups excluding carboxylic acids is 1. The van der Waals surface area contributed by atoms with Crippen LogP contribution in [0.15, 0.2) is 71.6 Å². The van der Waals surface area contributed by atoms with E-state index in [0.29, 0.717) is 10.7 Å². The zero-order valence-corrected chi connectivity index (χ0v) is 21.2. The van der Waals surface area contributed by atoms with E-state index in [0.717, 1.165) is 26.9 Å². The van der Waals surface area contributed by atoms with Gasteiger partial charge in [0.2, 0.25) is 10.0 Å². The molecule has 1 aromatic heterocycles. The van der Waals surface area contributed by atoms with Gasteiger partial charge in [0, 0.05) is 18.2 Å². The van der Waals surface area contributed by atoms with Gasteiger partial charge in [-0.2, -0.15) is 4.31 Å². The number of hydrogen-bond acceptors (Lipinski definition) is 5. The van der Waals surface area contributed by atoms with E-state index in [1.54, 1.807) is 0 Å². The fraction of sp³-hybridized carbons (Fsp3) is 0.231. The maximum Gasteiger partial charge on any atom is 0.257 e. The minimum atomic E-state index is -3.74. The Morgan fingerprint density at radius 1 is 0.971 bits per heavy atom. The maximum absolute atomic E-state index is 13.3. The van der Waals surface area contributed by atoms with E-state index in [-0.39, 0.29) is 23.4 Å². The predicted molar refractivity (Wildman–Crippen MR) is 138 cm³/mol. The molecule has 0 aliphatic heterocycles. The molecule has 8 heteroatoms. The van der Waals surface area contributed by atoms with Crippen LogP contribution in [0.4, 0.5) is 5.13 Å². The first kappa shape index (κ1) is 24.1. The smallest absolute Gasteiger partial charge is 0.257 e. The Balaban J connectivity index is 1.54. The van der Waals surface area contributed by atoms with Gasteiger partial charge in [-0.05, 0) is 68.7 Å². The molecular formula is C26H27N3O3S2. The highest BCUT2D eigenvalue weighted by Crippen LogP contribution is 2.31. The van der Waals surface area contributed by atoms with Gasteiger partial charge in [0.05, 0.1) is 15.1 Å². The number of amides is 1. The number of nitrogens with one attached hydrogen (secondary N) is 1. The minimum absolute atomic E-state index is 0.153. The monoisotopic (exact) mass is 493 g/mol. The summed E-state index contributed by atoms with van der Waals surface area (Å²) in [4.78, 5) is 17.5. The third-order valence-electron chi connectivity index (χ3n) is 5.64. The van der Waals surface area contributed by atoms with Crippen LogP contribution in [0.5, 0.6) is 0 Å². The molecule has 0 bridgehead atoms. The van der Waals surface area contributed by atoms with Gasteiger partial charge >= 0.3 is 0 Å². The summed E-state index contributed by atoms with van der Waals surface area (Å²) < 4.78 is 29.2. The van der Waals surface area contributed by atoms with Crippen LogP contribution in [0.3, 0.4) is 0 Å². The van der Waals surface area contributed by atoms with Crippen molar-refractivity contribution in [3.63, 3.8) is 0 Å². The van der Waals surface area contributed by atoms with Crippen LogP contribution in [-0.4, -0.2) is 29.7 Å². The van der Waals surface area contributed by atoms with E-state index in [9.17, 15) is 13.2 Å². The number of fused-ring (bicyclic) bond motifs is 1. The first-order valence-electron chi connectivity index (χ1n) is 11.0. The van der Waals surface area contributed by atoms with E-state index in [1.807, 2.05) is 70.2 Å². The van der Waals surface area contributed by atoms with Crippen molar-refractivity contribution in [3.05, 3.63) is 89.0 Å². The number of aryl methyl sites for hydroxylation is 2. The minimum Gasteiger partial charge on any atom is -0.298 e. The molecule has 0 aliphatic carbocycles. The van der Waals surface area contributed by atoms with Crippen molar-refractivity contribution >= 4 is 42.6 Å². The topological polar surface area (TPSA) is 79.4 Å². The lowest BCUT2D eigenvalue weighted by molar-refractivity contribution is 0.102. The van der Waals surface area contributed by atoms with Crippen molar-refractivity contribution < 1.29 is 13.2 Å². The molecule has 0 spiro atoms. The van der Waals surface area contributed by atoms with Crippen molar-refractivity contribution in [2.45, 2.75) is 45.2 Å². The van der Waals surface area contributed by atoms with Gasteiger partial charge in [0.15, 0.2) is 5.13 Å². The molecule has 1 amide bonds. The van der Waals surface area contributed by atoms with E-state index in [2.05, 4.69) is 10.3 Å². The molecule has 0 saturated heterocycles. The number of benzene rings is 3. The van der Waals surface area contributed by atoms with Crippen molar-refractivity contribution in [2.75, 3.05) is 5.32 Å². The summed E-state index contributed by atoms with van der Waals surface area (Å²) in [5, 5.41) is 3.36. The normalized spacial score (nSPS) is 11.9. The molecule has 1 N–H and O–H groups in total. The van der Waals surface area contributed by atoms with Gasteiger partial charge < -0.3 is 0 Å². The number of sulfonamides is 1. The summed E-state index contributed by atoms with van der Waals surface area (Å²) in [6.45, 7) is 7.99.